The van der Waals surface area contributed by atoms with E-state index < -0.39 is 0 Å². The SMILES string of the molecule is COc1ccc(C)cc1C(C)NC(=O)C1(CN)CCC1. The molecular weight excluding hydrogens is 252 g/mol. The lowest BCUT2D eigenvalue weighted by Gasteiger charge is -2.40. The zero-order valence-corrected chi connectivity index (χ0v) is 12.5. The number of aryl methyl sites for hydroxylation is 1. The minimum absolute atomic E-state index is 0.0716. The van der Waals surface area contributed by atoms with Crippen LogP contribution in [-0.4, -0.2) is 19.6 Å². The van der Waals surface area contributed by atoms with E-state index in [0.29, 0.717) is 6.54 Å². The predicted molar refractivity (Wildman–Crippen MR) is 79.6 cm³/mol. The third-order valence-electron chi connectivity index (χ3n) is 4.38. The molecule has 110 valence electrons. The summed E-state index contributed by atoms with van der Waals surface area (Å²) in [7, 11) is 1.65. The van der Waals surface area contributed by atoms with Crippen LogP contribution in [0, 0.1) is 12.3 Å². The van der Waals surface area contributed by atoms with Gasteiger partial charge in [0.25, 0.3) is 0 Å². The minimum Gasteiger partial charge on any atom is -0.496 e. The molecule has 1 fully saturated rings. The fourth-order valence-electron chi connectivity index (χ4n) is 2.75. The molecule has 1 amide bonds. The van der Waals surface area contributed by atoms with Crippen molar-refractivity contribution < 1.29 is 9.53 Å². The fourth-order valence-corrected chi connectivity index (χ4v) is 2.75. The highest BCUT2D eigenvalue weighted by Gasteiger charge is 2.43. The number of carbonyl (C=O) groups is 1. The lowest BCUT2D eigenvalue weighted by atomic mass is 9.68. The van der Waals surface area contributed by atoms with E-state index in [0.717, 1.165) is 36.1 Å². The number of amides is 1. The Labute approximate surface area is 120 Å². The molecule has 0 radical (unpaired) electrons. The first-order valence-corrected chi connectivity index (χ1v) is 7.18. The third-order valence-corrected chi connectivity index (χ3v) is 4.38. The van der Waals surface area contributed by atoms with Gasteiger partial charge in [0.1, 0.15) is 5.75 Å². The Kier molecular flexibility index (Phi) is 4.33. The predicted octanol–water partition coefficient (Wildman–Crippen LogP) is 2.31. The monoisotopic (exact) mass is 276 g/mol. The topological polar surface area (TPSA) is 64.3 Å². The van der Waals surface area contributed by atoms with Crippen molar-refractivity contribution in [2.45, 2.75) is 39.2 Å². The number of methoxy groups -OCH3 is 1. The summed E-state index contributed by atoms with van der Waals surface area (Å²) in [6.07, 6.45) is 2.88. The van der Waals surface area contributed by atoms with Crippen LogP contribution >= 0.6 is 0 Å². The Bertz CT molecular complexity index is 490. The second-order valence-electron chi connectivity index (χ2n) is 5.78. The number of rotatable bonds is 5. The van der Waals surface area contributed by atoms with Gasteiger partial charge in [0.2, 0.25) is 5.91 Å². The molecule has 0 spiro atoms. The second kappa shape index (κ2) is 5.83. The first-order valence-electron chi connectivity index (χ1n) is 7.18. The number of benzene rings is 1. The second-order valence-corrected chi connectivity index (χ2v) is 5.78. The van der Waals surface area contributed by atoms with Crippen LogP contribution in [0.25, 0.3) is 0 Å². The lowest BCUT2D eigenvalue weighted by molar-refractivity contribution is -0.135. The van der Waals surface area contributed by atoms with Crippen molar-refractivity contribution in [1.29, 1.82) is 0 Å². The Morgan fingerprint density at radius 3 is 2.70 bits per heavy atom. The summed E-state index contributed by atoms with van der Waals surface area (Å²) < 4.78 is 5.38. The van der Waals surface area contributed by atoms with Gasteiger partial charge in [-0.2, -0.15) is 0 Å². The highest BCUT2D eigenvalue weighted by atomic mass is 16.5. The van der Waals surface area contributed by atoms with E-state index in [2.05, 4.69) is 11.4 Å². The summed E-state index contributed by atoms with van der Waals surface area (Å²) in [5, 5.41) is 3.09. The Morgan fingerprint density at radius 2 is 2.20 bits per heavy atom. The molecule has 20 heavy (non-hydrogen) atoms. The number of nitrogens with one attached hydrogen (secondary N) is 1. The number of carbonyl (C=O) groups excluding carboxylic acids is 1. The van der Waals surface area contributed by atoms with Gasteiger partial charge < -0.3 is 15.8 Å². The Balaban J connectivity index is 2.14. The molecule has 1 atom stereocenters. The highest BCUT2D eigenvalue weighted by molar-refractivity contribution is 5.84. The van der Waals surface area contributed by atoms with Crippen LogP contribution in [0.3, 0.4) is 0 Å². The van der Waals surface area contributed by atoms with Gasteiger partial charge in [-0.15, -0.1) is 0 Å². The highest BCUT2D eigenvalue weighted by Crippen LogP contribution is 2.40. The average molecular weight is 276 g/mol. The first-order chi connectivity index (χ1) is 9.52. The number of hydrogen-bond acceptors (Lipinski definition) is 3. The van der Waals surface area contributed by atoms with Gasteiger partial charge >= 0.3 is 0 Å². The molecule has 1 aliphatic carbocycles. The van der Waals surface area contributed by atoms with Crippen molar-refractivity contribution in [3.8, 4) is 5.75 Å². The summed E-state index contributed by atoms with van der Waals surface area (Å²) in [4.78, 5) is 12.4. The van der Waals surface area contributed by atoms with Crippen molar-refractivity contribution >= 4 is 5.91 Å². The smallest absolute Gasteiger partial charge is 0.227 e. The van der Waals surface area contributed by atoms with E-state index in [1.165, 1.54) is 0 Å². The molecule has 1 aromatic rings. The molecule has 1 aromatic carbocycles. The van der Waals surface area contributed by atoms with Crippen molar-refractivity contribution in [1.82, 2.24) is 5.32 Å². The maximum absolute atomic E-state index is 12.4. The van der Waals surface area contributed by atoms with Gasteiger partial charge in [0.05, 0.1) is 18.6 Å². The van der Waals surface area contributed by atoms with Crippen molar-refractivity contribution in [2.24, 2.45) is 11.1 Å². The number of ether oxygens (including phenoxy) is 1. The lowest BCUT2D eigenvalue weighted by Crippen LogP contribution is -2.50. The van der Waals surface area contributed by atoms with Crippen LogP contribution in [0.2, 0.25) is 0 Å². The Hall–Kier alpha value is -1.55. The van der Waals surface area contributed by atoms with Gasteiger partial charge in [0.15, 0.2) is 0 Å². The average Bonchev–Trinajstić information content (AvgIpc) is 2.38. The zero-order valence-electron chi connectivity index (χ0n) is 12.5. The van der Waals surface area contributed by atoms with Gasteiger partial charge in [-0.05, 0) is 32.8 Å². The van der Waals surface area contributed by atoms with Crippen LogP contribution in [0.4, 0.5) is 0 Å². The van der Waals surface area contributed by atoms with Crippen LogP contribution in [-0.2, 0) is 4.79 Å². The van der Waals surface area contributed by atoms with E-state index in [4.69, 9.17) is 10.5 Å². The summed E-state index contributed by atoms with van der Waals surface area (Å²) >= 11 is 0. The van der Waals surface area contributed by atoms with Crippen molar-refractivity contribution in [2.75, 3.05) is 13.7 Å². The molecule has 1 saturated carbocycles. The molecule has 0 bridgehead atoms. The molecule has 2 rings (SSSR count). The van der Waals surface area contributed by atoms with Crippen LogP contribution in [0.1, 0.15) is 43.4 Å². The molecular formula is C16H24N2O2. The quantitative estimate of drug-likeness (QED) is 0.867. The van der Waals surface area contributed by atoms with Gasteiger partial charge in [-0.1, -0.05) is 24.1 Å². The summed E-state index contributed by atoms with van der Waals surface area (Å²) in [6, 6.07) is 5.92. The molecule has 0 heterocycles. The molecule has 1 aliphatic rings. The van der Waals surface area contributed by atoms with Crippen molar-refractivity contribution in [3.05, 3.63) is 29.3 Å². The molecule has 0 saturated heterocycles. The molecule has 3 N–H and O–H groups in total. The Morgan fingerprint density at radius 1 is 1.50 bits per heavy atom. The van der Waals surface area contributed by atoms with E-state index in [9.17, 15) is 4.79 Å². The van der Waals surface area contributed by atoms with E-state index in [1.54, 1.807) is 7.11 Å². The summed E-state index contributed by atoms with van der Waals surface area (Å²) in [5.41, 5.74) is 7.60. The standard InChI is InChI=1S/C16H24N2O2/c1-11-5-6-14(20-3)13(9-11)12(2)18-15(19)16(10-17)7-4-8-16/h5-6,9,12H,4,7-8,10,17H2,1-3H3,(H,18,19). The molecule has 0 aliphatic heterocycles. The normalized spacial score (nSPS) is 18.0. The van der Waals surface area contributed by atoms with E-state index in [-0.39, 0.29) is 17.4 Å². The van der Waals surface area contributed by atoms with Gasteiger partial charge in [0, 0.05) is 12.1 Å². The zero-order chi connectivity index (χ0) is 14.8. The molecule has 4 heteroatoms. The molecule has 1 unspecified atom stereocenters. The van der Waals surface area contributed by atoms with E-state index >= 15 is 0 Å². The van der Waals surface area contributed by atoms with Gasteiger partial charge in [-0.25, -0.2) is 0 Å². The molecule has 4 nitrogen and oxygen atoms in total. The maximum Gasteiger partial charge on any atom is 0.227 e. The van der Waals surface area contributed by atoms with Crippen LogP contribution < -0.4 is 15.8 Å². The summed E-state index contributed by atoms with van der Waals surface area (Å²) in [6.45, 7) is 4.44. The minimum atomic E-state index is -0.342. The third kappa shape index (κ3) is 2.66. The number of nitrogens with two attached hydrogens (primary N) is 1. The molecule has 0 aromatic heterocycles. The van der Waals surface area contributed by atoms with Crippen LogP contribution in [0.15, 0.2) is 18.2 Å². The van der Waals surface area contributed by atoms with Crippen LogP contribution in [0.5, 0.6) is 5.75 Å². The largest absolute Gasteiger partial charge is 0.496 e. The fraction of sp³-hybridized carbons (Fsp3) is 0.562. The van der Waals surface area contributed by atoms with Gasteiger partial charge in [-0.3, -0.25) is 4.79 Å². The summed E-state index contributed by atoms with van der Waals surface area (Å²) in [5.74, 6) is 0.876. The first kappa shape index (κ1) is 14.9. The van der Waals surface area contributed by atoms with Crippen molar-refractivity contribution in [3.63, 3.8) is 0 Å². The van der Waals surface area contributed by atoms with E-state index in [1.807, 2.05) is 26.0 Å². The number of hydrogen-bond donors (Lipinski definition) is 2. The maximum atomic E-state index is 12.4.